The Bertz CT molecular complexity index is 474. The summed E-state index contributed by atoms with van der Waals surface area (Å²) < 4.78 is 0. The summed E-state index contributed by atoms with van der Waals surface area (Å²) >= 11 is 11.8. The van der Waals surface area contributed by atoms with Gasteiger partial charge < -0.3 is 4.90 Å². The monoisotopic (exact) mass is 271 g/mol. The lowest BCUT2D eigenvalue weighted by Gasteiger charge is -2.26. The molecule has 3 nitrogen and oxygen atoms in total. The summed E-state index contributed by atoms with van der Waals surface area (Å²) in [5.41, 5.74) is 0.355. The summed E-state index contributed by atoms with van der Waals surface area (Å²) in [6.45, 7) is 0.759. The molecule has 1 aromatic carbocycles. The molecular formula is C12H11Cl2NO2. The normalized spacial score (nSPS) is 16.1. The molecule has 0 aromatic heterocycles. The van der Waals surface area contributed by atoms with Crippen LogP contribution in [-0.2, 0) is 4.79 Å². The lowest BCUT2D eigenvalue weighted by Crippen LogP contribution is -2.40. The zero-order valence-corrected chi connectivity index (χ0v) is 10.6. The number of Topliss-reactive ketones (excluding diaryl/α,β-unsaturated/α-hetero) is 1. The van der Waals surface area contributed by atoms with E-state index in [0.717, 1.165) is 0 Å². The van der Waals surface area contributed by atoms with E-state index in [9.17, 15) is 9.59 Å². The summed E-state index contributed by atoms with van der Waals surface area (Å²) in [6, 6.07) is 4.92. The van der Waals surface area contributed by atoms with Gasteiger partial charge >= 0.3 is 0 Å². The topological polar surface area (TPSA) is 37.4 Å². The molecule has 0 saturated carbocycles. The van der Waals surface area contributed by atoms with Crippen LogP contribution in [0.1, 0.15) is 23.2 Å². The maximum atomic E-state index is 12.1. The van der Waals surface area contributed by atoms with E-state index in [0.29, 0.717) is 30.0 Å². The van der Waals surface area contributed by atoms with Crippen LogP contribution >= 0.6 is 23.2 Å². The number of benzene rings is 1. The van der Waals surface area contributed by atoms with Crippen molar-refractivity contribution in [2.24, 2.45) is 0 Å². The molecule has 2 rings (SSSR count). The minimum Gasteiger partial charge on any atom is -0.331 e. The fraction of sp³-hybridized carbons (Fsp3) is 0.333. The first-order valence-electron chi connectivity index (χ1n) is 5.34. The molecule has 0 radical (unpaired) electrons. The highest BCUT2D eigenvalue weighted by Crippen LogP contribution is 2.27. The number of piperidine rings is 1. The molecule has 1 saturated heterocycles. The van der Waals surface area contributed by atoms with Gasteiger partial charge in [-0.2, -0.15) is 0 Å². The third kappa shape index (κ3) is 2.61. The minimum atomic E-state index is -0.231. The summed E-state index contributed by atoms with van der Waals surface area (Å²) in [7, 11) is 0. The molecule has 1 fully saturated rings. The Morgan fingerprint density at radius 3 is 2.76 bits per heavy atom. The quantitative estimate of drug-likeness (QED) is 0.788. The molecule has 1 aliphatic rings. The van der Waals surface area contributed by atoms with E-state index in [1.807, 2.05) is 0 Å². The highest BCUT2D eigenvalue weighted by atomic mass is 35.5. The molecule has 1 aliphatic heterocycles. The van der Waals surface area contributed by atoms with Gasteiger partial charge in [-0.3, -0.25) is 9.59 Å². The number of likely N-dealkylation sites (tertiary alicyclic amines) is 1. The number of carbonyl (C=O) groups excluding carboxylic acids is 2. The Hall–Kier alpha value is -1.06. The predicted octanol–water partition coefficient (Wildman–Crippen LogP) is 2.80. The third-order valence-corrected chi connectivity index (χ3v) is 3.54. The SMILES string of the molecule is O=C1CCCN(C(=O)c2cccc(Cl)c2Cl)C1. The number of amides is 1. The number of nitrogens with zero attached hydrogens (tertiary/aromatic N) is 1. The minimum absolute atomic E-state index is 0.0859. The summed E-state index contributed by atoms with van der Waals surface area (Å²) in [4.78, 5) is 25.0. The Morgan fingerprint density at radius 1 is 1.29 bits per heavy atom. The first kappa shape index (κ1) is 12.4. The standard InChI is InChI=1S/C12H11Cl2NO2/c13-10-5-1-4-9(11(10)14)12(17)15-6-2-3-8(16)7-15/h1,4-5H,2-3,6-7H2. The predicted molar refractivity (Wildman–Crippen MR) is 66.6 cm³/mol. The zero-order valence-electron chi connectivity index (χ0n) is 9.08. The number of ketones is 1. The highest BCUT2D eigenvalue weighted by molar-refractivity contribution is 6.43. The van der Waals surface area contributed by atoms with E-state index in [-0.39, 0.29) is 23.3 Å². The van der Waals surface area contributed by atoms with E-state index < -0.39 is 0 Å². The highest BCUT2D eigenvalue weighted by Gasteiger charge is 2.24. The fourth-order valence-corrected chi connectivity index (χ4v) is 2.23. The first-order chi connectivity index (χ1) is 8.09. The second kappa shape index (κ2) is 5.07. The van der Waals surface area contributed by atoms with Crippen molar-refractivity contribution in [3.05, 3.63) is 33.8 Å². The Labute approximate surface area is 109 Å². The van der Waals surface area contributed by atoms with Gasteiger partial charge in [-0.25, -0.2) is 0 Å². The van der Waals surface area contributed by atoms with Gasteiger partial charge in [-0.05, 0) is 18.6 Å². The van der Waals surface area contributed by atoms with Crippen molar-refractivity contribution < 1.29 is 9.59 Å². The van der Waals surface area contributed by atoms with Crippen LogP contribution in [0.15, 0.2) is 18.2 Å². The molecule has 1 amide bonds. The molecule has 0 bridgehead atoms. The lowest BCUT2D eigenvalue weighted by atomic mass is 10.1. The van der Waals surface area contributed by atoms with Crippen LogP contribution < -0.4 is 0 Å². The number of hydrogen-bond donors (Lipinski definition) is 0. The molecule has 17 heavy (non-hydrogen) atoms. The number of rotatable bonds is 1. The Kier molecular flexibility index (Phi) is 3.69. The van der Waals surface area contributed by atoms with E-state index in [1.165, 1.54) is 4.90 Å². The van der Waals surface area contributed by atoms with Crippen molar-refractivity contribution in [3.8, 4) is 0 Å². The summed E-state index contributed by atoms with van der Waals surface area (Å²) in [5, 5.41) is 0.595. The van der Waals surface area contributed by atoms with E-state index in [4.69, 9.17) is 23.2 Å². The molecule has 0 atom stereocenters. The van der Waals surface area contributed by atoms with Crippen molar-refractivity contribution >= 4 is 34.9 Å². The fourth-order valence-electron chi connectivity index (χ4n) is 1.85. The smallest absolute Gasteiger partial charge is 0.255 e. The number of carbonyl (C=O) groups is 2. The second-order valence-electron chi connectivity index (χ2n) is 3.97. The molecule has 5 heteroatoms. The molecule has 0 N–H and O–H groups in total. The van der Waals surface area contributed by atoms with Crippen LogP contribution in [0, 0.1) is 0 Å². The van der Waals surface area contributed by atoms with Crippen molar-refractivity contribution in [2.45, 2.75) is 12.8 Å². The number of hydrogen-bond acceptors (Lipinski definition) is 2. The van der Waals surface area contributed by atoms with Crippen molar-refractivity contribution in [3.63, 3.8) is 0 Å². The van der Waals surface area contributed by atoms with Gasteiger partial charge in [0.05, 0.1) is 22.2 Å². The number of halogens is 2. The van der Waals surface area contributed by atoms with Gasteiger partial charge in [0.15, 0.2) is 5.78 Å². The van der Waals surface area contributed by atoms with Crippen LogP contribution in [0.2, 0.25) is 10.0 Å². The molecule has 1 aromatic rings. The van der Waals surface area contributed by atoms with Gasteiger partial charge in [-0.1, -0.05) is 29.3 Å². The maximum absolute atomic E-state index is 12.1. The van der Waals surface area contributed by atoms with Crippen molar-refractivity contribution in [1.82, 2.24) is 4.90 Å². The molecule has 1 heterocycles. The van der Waals surface area contributed by atoms with Gasteiger partial charge in [0.25, 0.3) is 5.91 Å². The summed E-state index contributed by atoms with van der Waals surface area (Å²) in [6.07, 6.45) is 1.26. The lowest BCUT2D eigenvalue weighted by molar-refractivity contribution is -0.121. The average Bonchev–Trinajstić information content (AvgIpc) is 2.32. The molecule has 0 spiro atoms. The first-order valence-corrected chi connectivity index (χ1v) is 6.10. The van der Waals surface area contributed by atoms with E-state index in [2.05, 4.69) is 0 Å². The molecule has 90 valence electrons. The Balaban J connectivity index is 2.24. The van der Waals surface area contributed by atoms with Crippen LogP contribution in [0.25, 0.3) is 0 Å². The molecular weight excluding hydrogens is 261 g/mol. The van der Waals surface area contributed by atoms with Gasteiger partial charge in [0.2, 0.25) is 0 Å². The van der Waals surface area contributed by atoms with Gasteiger partial charge in [-0.15, -0.1) is 0 Å². The van der Waals surface area contributed by atoms with Crippen LogP contribution in [0.3, 0.4) is 0 Å². The largest absolute Gasteiger partial charge is 0.331 e. The Morgan fingerprint density at radius 2 is 2.06 bits per heavy atom. The summed E-state index contributed by atoms with van der Waals surface area (Å²) in [5.74, 6) is -0.145. The van der Waals surface area contributed by atoms with Gasteiger partial charge in [0.1, 0.15) is 0 Å². The third-order valence-electron chi connectivity index (χ3n) is 2.72. The second-order valence-corrected chi connectivity index (χ2v) is 4.76. The molecule has 0 aliphatic carbocycles. The van der Waals surface area contributed by atoms with Crippen LogP contribution in [0.4, 0.5) is 0 Å². The maximum Gasteiger partial charge on any atom is 0.255 e. The van der Waals surface area contributed by atoms with E-state index in [1.54, 1.807) is 18.2 Å². The zero-order chi connectivity index (χ0) is 12.4. The average molecular weight is 272 g/mol. The van der Waals surface area contributed by atoms with E-state index >= 15 is 0 Å². The van der Waals surface area contributed by atoms with Gasteiger partial charge in [0, 0.05) is 13.0 Å². The van der Waals surface area contributed by atoms with Crippen LogP contribution in [0.5, 0.6) is 0 Å². The molecule has 0 unspecified atom stereocenters. The van der Waals surface area contributed by atoms with Crippen molar-refractivity contribution in [1.29, 1.82) is 0 Å². The van der Waals surface area contributed by atoms with Crippen molar-refractivity contribution in [2.75, 3.05) is 13.1 Å². The van der Waals surface area contributed by atoms with Crippen LogP contribution in [-0.4, -0.2) is 29.7 Å².